The first kappa shape index (κ1) is 18.3. The van der Waals surface area contributed by atoms with Gasteiger partial charge in [0.1, 0.15) is 0 Å². The van der Waals surface area contributed by atoms with E-state index in [1.165, 1.54) is 5.56 Å². The van der Waals surface area contributed by atoms with Gasteiger partial charge in [0.15, 0.2) is 0 Å². The lowest BCUT2D eigenvalue weighted by molar-refractivity contribution is -0.145. The van der Waals surface area contributed by atoms with Gasteiger partial charge in [-0.15, -0.1) is 0 Å². The number of piperidine rings is 1. The third-order valence-electron chi connectivity index (χ3n) is 4.91. The smallest absolute Gasteiger partial charge is 0.306 e. The lowest BCUT2D eigenvalue weighted by Gasteiger charge is -2.46. The second kappa shape index (κ2) is 7.23. The Morgan fingerprint density at radius 3 is 2.26 bits per heavy atom. The van der Waals surface area contributed by atoms with Crippen molar-refractivity contribution in [3.8, 4) is 0 Å². The Bertz CT molecular complexity index is 525. The van der Waals surface area contributed by atoms with E-state index in [-0.39, 0.29) is 16.9 Å². The molecule has 0 N–H and O–H groups in total. The maximum absolute atomic E-state index is 12.2. The molecule has 0 bridgehead atoms. The monoisotopic (exact) mass is 337 g/mol. The summed E-state index contributed by atoms with van der Waals surface area (Å²) in [5.41, 5.74) is 1.22. The molecule has 3 nitrogen and oxygen atoms in total. The second-order valence-electron chi connectivity index (χ2n) is 7.43. The molecule has 0 amide bonds. The Labute approximate surface area is 145 Å². The van der Waals surface area contributed by atoms with Gasteiger partial charge < -0.3 is 4.74 Å². The summed E-state index contributed by atoms with van der Waals surface area (Å²) in [7, 11) is 0. The van der Waals surface area contributed by atoms with Gasteiger partial charge in [-0.1, -0.05) is 23.7 Å². The van der Waals surface area contributed by atoms with Crippen molar-refractivity contribution in [3.63, 3.8) is 0 Å². The van der Waals surface area contributed by atoms with Crippen molar-refractivity contribution in [3.05, 3.63) is 34.9 Å². The van der Waals surface area contributed by atoms with E-state index in [1.54, 1.807) is 0 Å². The molecule has 1 saturated heterocycles. The molecule has 0 aromatic heterocycles. The minimum Gasteiger partial charge on any atom is -0.466 e. The van der Waals surface area contributed by atoms with Crippen LogP contribution in [-0.2, 0) is 14.9 Å². The highest BCUT2D eigenvalue weighted by atomic mass is 35.5. The van der Waals surface area contributed by atoms with Gasteiger partial charge in [-0.3, -0.25) is 9.69 Å². The van der Waals surface area contributed by atoms with E-state index in [2.05, 4.69) is 37.8 Å². The van der Waals surface area contributed by atoms with Crippen LogP contribution in [0, 0.1) is 0 Å². The standard InChI is InChI=1S/C19H28ClNO2/c1-5-23-17(22)14-19(15-6-8-16(20)9-7-15)10-12-21(13-11-19)18(2,3)4/h6-9H,5,10-14H2,1-4H3. The van der Waals surface area contributed by atoms with Crippen LogP contribution in [0.2, 0.25) is 5.02 Å². The lowest BCUT2D eigenvalue weighted by atomic mass is 9.70. The molecule has 128 valence electrons. The molecule has 1 aliphatic heterocycles. The average molecular weight is 338 g/mol. The summed E-state index contributed by atoms with van der Waals surface area (Å²) < 4.78 is 5.23. The summed E-state index contributed by atoms with van der Waals surface area (Å²) in [6, 6.07) is 7.96. The molecule has 1 aromatic rings. The number of hydrogen-bond donors (Lipinski definition) is 0. The first-order chi connectivity index (χ1) is 10.8. The average Bonchev–Trinajstić information content (AvgIpc) is 2.47. The van der Waals surface area contributed by atoms with Crippen LogP contribution in [0.4, 0.5) is 0 Å². The van der Waals surface area contributed by atoms with Crippen molar-refractivity contribution < 1.29 is 9.53 Å². The first-order valence-corrected chi connectivity index (χ1v) is 8.81. The largest absolute Gasteiger partial charge is 0.466 e. The van der Waals surface area contributed by atoms with Crippen molar-refractivity contribution in [1.82, 2.24) is 4.90 Å². The first-order valence-electron chi connectivity index (χ1n) is 8.43. The fraction of sp³-hybridized carbons (Fsp3) is 0.632. The number of likely N-dealkylation sites (tertiary alicyclic amines) is 1. The van der Waals surface area contributed by atoms with Crippen molar-refractivity contribution in [2.45, 2.75) is 57.9 Å². The number of nitrogens with zero attached hydrogens (tertiary/aromatic N) is 1. The summed E-state index contributed by atoms with van der Waals surface area (Å²) >= 11 is 6.03. The molecule has 0 atom stereocenters. The predicted octanol–water partition coefficient (Wildman–Crippen LogP) is 4.43. The highest BCUT2D eigenvalue weighted by molar-refractivity contribution is 6.30. The minimum absolute atomic E-state index is 0.105. The number of carbonyl (C=O) groups is 1. The zero-order chi connectivity index (χ0) is 17.1. The highest BCUT2D eigenvalue weighted by Crippen LogP contribution is 2.40. The van der Waals surface area contributed by atoms with Crippen molar-refractivity contribution in [2.24, 2.45) is 0 Å². The van der Waals surface area contributed by atoms with Crippen LogP contribution >= 0.6 is 11.6 Å². The molecule has 0 saturated carbocycles. The van der Waals surface area contributed by atoms with Crippen molar-refractivity contribution >= 4 is 17.6 Å². The summed E-state index contributed by atoms with van der Waals surface area (Å²) in [6.07, 6.45) is 2.37. The quantitative estimate of drug-likeness (QED) is 0.761. The summed E-state index contributed by atoms with van der Waals surface area (Å²) in [6.45, 7) is 11.0. The third-order valence-corrected chi connectivity index (χ3v) is 5.17. The fourth-order valence-electron chi connectivity index (χ4n) is 3.46. The van der Waals surface area contributed by atoms with Gasteiger partial charge in [0.05, 0.1) is 13.0 Å². The van der Waals surface area contributed by atoms with Crippen LogP contribution in [0.5, 0.6) is 0 Å². The Balaban J connectivity index is 2.23. The molecule has 1 heterocycles. The van der Waals surface area contributed by atoms with Gasteiger partial charge in [0, 0.05) is 16.0 Å². The van der Waals surface area contributed by atoms with Gasteiger partial charge in [0.25, 0.3) is 0 Å². The SMILES string of the molecule is CCOC(=O)CC1(c2ccc(Cl)cc2)CCN(C(C)(C)C)CC1. The predicted molar refractivity (Wildman–Crippen MR) is 94.9 cm³/mol. The van der Waals surface area contributed by atoms with Crippen molar-refractivity contribution in [2.75, 3.05) is 19.7 Å². The van der Waals surface area contributed by atoms with Gasteiger partial charge in [-0.25, -0.2) is 0 Å². The van der Waals surface area contributed by atoms with E-state index in [1.807, 2.05) is 19.1 Å². The van der Waals surface area contributed by atoms with Gasteiger partial charge in [-0.05, 0) is 71.3 Å². The summed E-state index contributed by atoms with van der Waals surface area (Å²) in [4.78, 5) is 14.7. The van der Waals surface area contributed by atoms with Gasteiger partial charge in [-0.2, -0.15) is 0 Å². The Kier molecular flexibility index (Phi) is 5.74. The molecule has 0 spiro atoms. The fourth-order valence-corrected chi connectivity index (χ4v) is 3.59. The number of halogens is 1. The highest BCUT2D eigenvalue weighted by Gasteiger charge is 2.40. The number of rotatable bonds is 4. The number of hydrogen-bond acceptors (Lipinski definition) is 3. The van der Waals surface area contributed by atoms with Crippen LogP contribution < -0.4 is 0 Å². The molecule has 0 aliphatic carbocycles. The zero-order valence-electron chi connectivity index (χ0n) is 14.7. The van der Waals surface area contributed by atoms with Gasteiger partial charge >= 0.3 is 5.97 Å². The molecule has 2 rings (SSSR count). The van der Waals surface area contributed by atoms with E-state index in [0.29, 0.717) is 13.0 Å². The van der Waals surface area contributed by atoms with E-state index in [0.717, 1.165) is 31.0 Å². The minimum atomic E-state index is -0.140. The molecular formula is C19H28ClNO2. The topological polar surface area (TPSA) is 29.5 Å². The van der Waals surface area contributed by atoms with E-state index >= 15 is 0 Å². The normalized spacial score (nSPS) is 18.7. The number of carbonyl (C=O) groups excluding carboxylic acids is 1. The molecule has 1 fully saturated rings. The Hall–Kier alpha value is -1.06. The van der Waals surface area contributed by atoms with E-state index < -0.39 is 0 Å². The van der Waals surface area contributed by atoms with Crippen molar-refractivity contribution in [1.29, 1.82) is 0 Å². The maximum atomic E-state index is 12.2. The second-order valence-corrected chi connectivity index (χ2v) is 7.86. The molecule has 1 aromatic carbocycles. The Morgan fingerprint density at radius 2 is 1.78 bits per heavy atom. The zero-order valence-corrected chi connectivity index (χ0v) is 15.4. The molecule has 0 unspecified atom stereocenters. The van der Waals surface area contributed by atoms with E-state index in [4.69, 9.17) is 16.3 Å². The number of ether oxygens (including phenoxy) is 1. The third kappa shape index (κ3) is 4.48. The van der Waals surface area contributed by atoms with E-state index in [9.17, 15) is 4.79 Å². The molecule has 23 heavy (non-hydrogen) atoms. The van der Waals surface area contributed by atoms with Crippen LogP contribution in [-0.4, -0.2) is 36.1 Å². The molecule has 1 aliphatic rings. The Morgan fingerprint density at radius 1 is 1.22 bits per heavy atom. The summed E-state index contributed by atoms with van der Waals surface area (Å²) in [5, 5.41) is 0.729. The van der Waals surface area contributed by atoms with Gasteiger partial charge in [0.2, 0.25) is 0 Å². The molecule has 0 radical (unpaired) electrons. The lowest BCUT2D eigenvalue weighted by Crippen LogP contribution is -2.51. The van der Waals surface area contributed by atoms with Crippen LogP contribution in [0.1, 0.15) is 52.5 Å². The van der Waals surface area contributed by atoms with Crippen LogP contribution in [0.15, 0.2) is 24.3 Å². The number of esters is 1. The van der Waals surface area contributed by atoms with Crippen LogP contribution in [0.3, 0.4) is 0 Å². The molecular weight excluding hydrogens is 310 g/mol. The maximum Gasteiger partial charge on any atom is 0.306 e. The molecule has 4 heteroatoms. The summed E-state index contributed by atoms with van der Waals surface area (Å²) in [5.74, 6) is -0.105. The number of benzene rings is 1. The van der Waals surface area contributed by atoms with Crippen LogP contribution in [0.25, 0.3) is 0 Å².